The molecule has 0 aliphatic carbocycles. The Hall–Kier alpha value is -4.00. The number of nitrogens with one attached hydrogen (secondary N) is 2. The summed E-state index contributed by atoms with van der Waals surface area (Å²) in [5.74, 6) is -1.11. The summed E-state index contributed by atoms with van der Waals surface area (Å²) in [7, 11) is 0. The molecule has 5 aromatic rings. The Balaban J connectivity index is 1.55. The van der Waals surface area contributed by atoms with Crippen LogP contribution in [0.15, 0.2) is 73.1 Å². The predicted molar refractivity (Wildman–Crippen MR) is 111 cm³/mol. The van der Waals surface area contributed by atoms with E-state index in [2.05, 4.69) is 15.3 Å². The van der Waals surface area contributed by atoms with Gasteiger partial charge in [0, 0.05) is 29.0 Å². The molecule has 3 heterocycles. The highest BCUT2D eigenvalue weighted by atomic mass is 19.1. The molecule has 148 valence electrons. The molecule has 3 aromatic heterocycles. The van der Waals surface area contributed by atoms with Gasteiger partial charge >= 0.3 is 0 Å². The molecule has 0 saturated carbocycles. The number of halogens is 2. The molecule has 0 radical (unpaired) electrons. The van der Waals surface area contributed by atoms with Crippen molar-refractivity contribution < 1.29 is 13.6 Å². The van der Waals surface area contributed by atoms with E-state index in [0.29, 0.717) is 27.8 Å². The normalized spacial score (nSPS) is 11.3. The summed E-state index contributed by atoms with van der Waals surface area (Å²) in [4.78, 5) is 20.4. The summed E-state index contributed by atoms with van der Waals surface area (Å²) in [5.41, 5.74) is 2.99. The lowest BCUT2D eigenvalue weighted by atomic mass is 10.2. The number of benzene rings is 2. The fourth-order valence-electron chi connectivity index (χ4n) is 3.62. The van der Waals surface area contributed by atoms with Crippen LogP contribution in [0, 0.1) is 11.6 Å². The number of anilines is 1. The van der Waals surface area contributed by atoms with E-state index in [1.54, 1.807) is 41.2 Å². The minimum absolute atomic E-state index is 0.269. The van der Waals surface area contributed by atoms with Crippen molar-refractivity contribution in [2.45, 2.75) is 6.54 Å². The van der Waals surface area contributed by atoms with E-state index in [0.717, 1.165) is 11.0 Å². The molecule has 0 bridgehead atoms. The molecule has 0 aliphatic heterocycles. The van der Waals surface area contributed by atoms with Crippen LogP contribution in [0.5, 0.6) is 0 Å². The highest BCUT2D eigenvalue weighted by Crippen LogP contribution is 2.24. The number of hydrogen-bond donors (Lipinski definition) is 2. The number of rotatable bonds is 4. The van der Waals surface area contributed by atoms with Crippen LogP contribution in [0.3, 0.4) is 0 Å². The van der Waals surface area contributed by atoms with E-state index in [-0.39, 0.29) is 24.1 Å². The smallest absolute Gasteiger partial charge is 0.272 e. The molecular weight excluding hydrogens is 386 g/mol. The lowest BCUT2D eigenvalue weighted by Crippen LogP contribution is -2.17. The van der Waals surface area contributed by atoms with E-state index < -0.39 is 0 Å². The molecule has 0 aliphatic rings. The van der Waals surface area contributed by atoms with Gasteiger partial charge in [0.1, 0.15) is 23.0 Å². The first-order valence-corrected chi connectivity index (χ1v) is 9.34. The Morgan fingerprint density at radius 1 is 1.00 bits per heavy atom. The van der Waals surface area contributed by atoms with Gasteiger partial charge in [-0.3, -0.25) is 4.79 Å². The van der Waals surface area contributed by atoms with Crippen LogP contribution >= 0.6 is 0 Å². The maximum Gasteiger partial charge on any atom is 0.272 e. The Morgan fingerprint density at radius 2 is 1.87 bits per heavy atom. The van der Waals surface area contributed by atoms with Crippen LogP contribution in [0.1, 0.15) is 16.1 Å². The lowest BCUT2D eigenvalue weighted by molar-refractivity contribution is 0.101. The Morgan fingerprint density at radius 3 is 2.73 bits per heavy atom. The zero-order valence-electron chi connectivity index (χ0n) is 15.7. The Kier molecular flexibility index (Phi) is 4.28. The molecule has 0 atom stereocenters. The van der Waals surface area contributed by atoms with Crippen molar-refractivity contribution in [2.24, 2.45) is 0 Å². The first kappa shape index (κ1) is 18.1. The molecule has 5 rings (SSSR count). The second-order valence-corrected chi connectivity index (χ2v) is 7.04. The zero-order chi connectivity index (χ0) is 20.7. The fraction of sp³-hybridized carbons (Fsp3) is 0.0435. The lowest BCUT2D eigenvalue weighted by Gasteiger charge is -2.12. The third-order valence-corrected chi connectivity index (χ3v) is 4.98. The van der Waals surface area contributed by atoms with Crippen LogP contribution in [-0.2, 0) is 6.54 Å². The highest BCUT2D eigenvalue weighted by molar-refractivity contribution is 6.07. The van der Waals surface area contributed by atoms with E-state index in [4.69, 9.17) is 0 Å². The van der Waals surface area contributed by atoms with Gasteiger partial charge in [0.25, 0.3) is 5.91 Å². The largest absolute Gasteiger partial charge is 0.346 e. The van der Waals surface area contributed by atoms with Crippen molar-refractivity contribution in [3.05, 3.63) is 95.9 Å². The van der Waals surface area contributed by atoms with Gasteiger partial charge in [0.15, 0.2) is 0 Å². The molecule has 0 saturated heterocycles. The number of hydrogen-bond acceptors (Lipinski definition) is 2. The van der Waals surface area contributed by atoms with Crippen LogP contribution in [-0.4, -0.2) is 20.4 Å². The maximum absolute atomic E-state index is 13.8. The number of aromatic nitrogens is 3. The first-order chi connectivity index (χ1) is 14.6. The Bertz CT molecular complexity index is 1400. The highest BCUT2D eigenvalue weighted by Gasteiger charge is 2.17. The average molecular weight is 402 g/mol. The first-order valence-electron chi connectivity index (χ1n) is 9.34. The summed E-state index contributed by atoms with van der Waals surface area (Å²) < 4.78 is 29.2. The third-order valence-electron chi connectivity index (χ3n) is 4.98. The van der Waals surface area contributed by atoms with Crippen molar-refractivity contribution >= 4 is 33.5 Å². The molecule has 2 N–H and O–H groups in total. The quantitative estimate of drug-likeness (QED) is 0.440. The number of pyridine rings is 1. The molecule has 0 spiro atoms. The summed E-state index contributed by atoms with van der Waals surface area (Å²) >= 11 is 0. The standard InChI is InChI=1S/C23H16F2N4O/c24-17-3-1-2-14(8-17)13-29-20-5-4-18(25)9-16(20)11-21(29)23(30)28-19-10-15-6-7-26-22(15)27-12-19/h1-12H,13H2,(H,26,27)(H,28,30). The number of carbonyl (C=O) groups excluding carboxylic acids is 1. The average Bonchev–Trinajstić information content (AvgIpc) is 3.32. The van der Waals surface area contributed by atoms with E-state index in [1.807, 2.05) is 12.1 Å². The van der Waals surface area contributed by atoms with Crippen LogP contribution in [0.25, 0.3) is 21.9 Å². The molecule has 30 heavy (non-hydrogen) atoms. The monoisotopic (exact) mass is 402 g/mol. The van der Waals surface area contributed by atoms with Crippen LogP contribution < -0.4 is 5.32 Å². The number of H-pyrrole nitrogens is 1. The minimum atomic E-state index is -0.389. The topological polar surface area (TPSA) is 62.7 Å². The molecule has 0 fully saturated rings. The van der Waals surface area contributed by atoms with Gasteiger partial charge in [-0.15, -0.1) is 0 Å². The van der Waals surface area contributed by atoms with Crippen molar-refractivity contribution in [2.75, 3.05) is 5.32 Å². The van der Waals surface area contributed by atoms with Gasteiger partial charge in [-0.05, 0) is 54.1 Å². The van der Waals surface area contributed by atoms with Crippen molar-refractivity contribution in [1.82, 2.24) is 14.5 Å². The second-order valence-electron chi connectivity index (χ2n) is 7.04. The summed E-state index contributed by atoms with van der Waals surface area (Å²) in [6.07, 6.45) is 3.34. The van der Waals surface area contributed by atoms with E-state index in [9.17, 15) is 13.6 Å². The third kappa shape index (κ3) is 3.30. The SMILES string of the molecule is O=C(Nc1cnc2[nH]ccc2c1)c1cc2cc(F)ccc2n1Cc1cccc(F)c1. The minimum Gasteiger partial charge on any atom is -0.346 e. The van der Waals surface area contributed by atoms with Gasteiger partial charge in [-0.2, -0.15) is 0 Å². The molecule has 1 amide bonds. The second kappa shape index (κ2) is 7.11. The van der Waals surface area contributed by atoms with Gasteiger partial charge < -0.3 is 14.9 Å². The number of fused-ring (bicyclic) bond motifs is 2. The molecule has 0 unspecified atom stereocenters. The van der Waals surface area contributed by atoms with Gasteiger partial charge in [-0.1, -0.05) is 12.1 Å². The molecule has 2 aromatic carbocycles. The van der Waals surface area contributed by atoms with Crippen LogP contribution in [0.4, 0.5) is 14.5 Å². The van der Waals surface area contributed by atoms with Gasteiger partial charge in [-0.25, -0.2) is 13.8 Å². The number of amides is 1. The number of aromatic amines is 1. The van der Waals surface area contributed by atoms with Crippen LogP contribution in [0.2, 0.25) is 0 Å². The van der Waals surface area contributed by atoms with E-state index >= 15 is 0 Å². The fourth-order valence-corrected chi connectivity index (χ4v) is 3.62. The summed E-state index contributed by atoms with van der Waals surface area (Å²) in [5, 5.41) is 4.31. The molecule has 5 nitrogen and oxygen atoms in total. The number of nitrogens with zero attached hydrogens (tertiary/aromatic N) is 2. The van der Waals surface area contributed by atoms with Crippen molar-refractivity contribution in [1.29, 1.82) is 0 Å². The predicted octanol–water partition coefficient (Wildman–Crippen LogP) is 5.10. The molecular formula is C23H16F2N4O. The maximum atomic E-state index is 13.8. The van der Waals surface area contributed by atoms with Crippen molar-refractivity contribution in [3.63, 3.8) is 0 Å². The van der Waals surface area contributed by atoms with E-state index in [1.165, 1.54) is 24.3 Å². The van der Waals surface area contributed by atoms with Gasteiger partial charge in [0.2, 0.25) is 0 Å². The molecule has 7 heteroatoms. The van der Waals surface area contributed by atoms with Crippen molar-refractivity contribution in [3.8, 4) is 0 Å². The summed E-state index contributed by atoms with van der Waals surface area (Å²) in [6.45, 7) is 0.269. The summed E-state index contributed by atoms with van der Waals surface area (Å²) in [6, 6.07) is 15.8. The van der Waals surface area contributed by atoms with Gasteiger partial charge in [0.05, 0.1) is 11.9 Å². The zero-order valence-corrected chi connectivity index (χ0v) is 15.7. The Labute approximate surface area is 170 Å². The number of carbonyl (C=O) groups is 1.